The van der Waals surface area contributed by atoms with E-state index in [1.807, 2.05) is 109 Å². The van der Waals surface area contributed by atoms with E-state index in [9.17, 15) is 0 Å². The molecule has 0 fully saturated rings. The molecule has 0 aliphatic carbocycles. The van der Waals surface area contributed by atoms with Gasteiger partial charge < -0.3 is 0 Å². The molecule has 0 radical (unpaired) electrons. The van der Waals surface area contributed by atoms with Gasteiger partial charge in [-0.3, -0.25) is 0 Å². The van der Waals surface area contributed by atoms with E-state index in [2.05, 4.69) is 54.6 Å². The summed E-state index contributed by atoms with van der Waals surface area (Å²) >= 11 is -2.05. The first kappa shape index (κ1) is 25.6. The topological polar surface area (TPSA) is 27.7 Å². The van der Waals surface area contributed by atoms with Gasteiger partial charge in [0.1, 0.15) is 0 Å². The van der Waals surface area contributed by atoms with Crippen LogP contribution in [0.15, 0.2) is 164 Å². The molecule has 0 atom stereocenters. The fourth-order valence-electron chi connectivity index (χ4n) is 4.38. The Morgan fingerprint density at radius 3 is 0.850 bits per heavy atom. The third-order valence-electron chi connectivity index (χ3n) is 6.16. The summed E-state index contributed by atoms with van der Waals surface area (Å²) in [5.74, 6) is 4.89. The van der Waals surface area contributed by atoms with E-state index in [4.69, 9.17) is 14.2 Å². The quantitative estimate of drug-likeness (QED) is 0.165. The Hall–Kier alpha value is -4.72. The van der Waals surface area contributed by atoms with Gasteiger partial charge in [-0.1, -0.05) is 0 Å². The molecule has 0 aliphatic heterocycles. The summed E-state index contributed by atoms with van der Waals surface area (Å²) in [6, 6.07) is 55.0. The van der Waals surface area contributed by atoms with Gasteiger partial charge in [0.25, 0.3) is 0 Å². The average molecular weight is 583 g/mol. The van der Waals surface area contributed by atoms with E-state index in [0.717, 1.165) is 34.5 Å². The Labute approximate surface area is 239 Å². The van der Waals surface area contributed by atoms with Crippen molar-refractivity contribution in [2.45, 2.75) is 0 Å². The van der Waals surface area contributed by atoms with Crippen molar-refractivity contribution in [3.63, 3.8) is 0 Å². The van der Waals surface area contributed by atoms with Crippen LogP contribution in [0.1, 0.15) is 0 Å². The Balaban J connectivity index is 1.39. The molecule has 6 aromatic rings. The SMILES string of the molecule is c1ccc(Oc2cccc([As](c3cccc(Oc4ccccc4)c3)c3cccc(Oc4ccccc4)c3)c2)cc1. The summed E-state index contributed by atoms with van der Waals surface area (Å²) in [7, 11) is 0. The van der Waals surface area contributed by atoms with Crippen molar-refractivity contribution in [2.75, 3.05) is 0 Å². The van der Waals surface area contributed by atoms with Crippen LogP contribution in [-0.4, -0.2) is 14.7 Å². The van der Waals surface area contributed by atoms with Crippen LogP contribution in [-0.2, 0) is 0 Å². The Morgan fingerprint density at radius 2 is 0.550 bits per heavy atom. The molecule has 0 heterocycles. The first-order valence-corrected chi connectivity index (χ1v) is 15.9. The van der Waals surface area contributed by atoms with Gasteiger partial charge in [0.05, 0.1) is 0 Å². The van der Waals surface area contributed by atoms with Crippen LogP contribution >= 0.6 is 0 Å². The minimum atomic E-state index is -2.05. The first-order chi connectivity index (χ1) is 19.8. The van der Waals surface area contributed by atoms with E-state index in [-0.39, 0.29) is 0 Å². The summed E-state index contributed by atoms with van der Waals surface area (Å²) in [6.07, 6.45) is 0. The van der Waals surface area contributed by atoms with Crippen molar-refractivity contribution < 1.29 is 14.2 Å². The zero-order chi connectivity index (χ0) is 27.0. The van der Waals surface area contributed by atoms with Crippen molar-refractivity contribution in [3.8, 4) is 34.5 Å². The molecule has 0 bridgehead atoms. The van der Waals surface area contributed by atoms with Crippen molar-refractivity contribution in [1.82, 2.24) is 0 Å². The third-order valence-corrected chi connectivity index (χ3v) is 11.2. The molecule has 0 saturated heterocycles. The number of rotatable bonds is 9. The fourth-order valence-corrected chi connectivity index (χ4v) is 9.35. The monoisotopic (exact) mass is 582 g/mol. The van der Waals surface area contributed by atoms with Gasteiger partial charge in [0.15, 0.2) is 0 Å². The molecule has 0 unspecified atom stereocenters. The van der Waals surface area contributed by atoms with E-state index < -0.39 is 14.7 Å². The minimum absolute atomic E-state index is 0.815. The van der Waals surface area contributed by atoms with Gasteiger partial charge >= 0.3 is 240 Å². The first-order valence-electron chi connectivity index (χ1n) is 13.1. The molecule has 194 valence electrons. The predicted molar refractivity (Wildman–Crippen MR) is 164 cm³/mol. The fraction of sp³-hybridized carbons (Fsp3) is 0. The van der Waals surface area contributed by atoms with Crippen LogP contribution in [0, 0.1) is 0 Å². The van der Waals surface area contributed by atoms with Crippen LogP contribution in [0.25, 0.3) is 0 Å². The van der Waals surface area contributed by atoms with E-state index in [1.54, 1.807) is 0 Å². The standard InChI is InChI=1S/C36H27AsO3/c1-4-16-31(17-5-1)38-34-22-10-13-28(25-34)37(29-14-11-23-35(26-29)39-32-18-6-2-7-19-32)30-15-12-24-36(27-30)40-33-20-8-3-9-21-33/h1-27H. The number of hydrogen-bond donors (Lipinski definition) is 0. The molecule has 3 nitrogen and oxygen atoms in total. The molecule has 0 saturated carbocycles. The van der Waals surface area contributed by atoms with E-state index in [0.29, 0.717) is 0 Å². The van der Waals surface area contributed by atoms with Gasteiger partial charge in [-0.2, -0.15) is 0 Å². The van der Waals surface area contributed by atoms with E-state index in [1.165, 1.54) is 13.1 Å². The molecular formula is C36H27AsO3. The zero-order valence-corrected chi connectivity index (χ0v) is 23.6. The van der Waals surface area contributed by atoms with Gasteiger partial charge in [0.2, 0.25) is 0 Å². The maximum absolute atomic E-state index is 6.22. The second kappa shape index (κ2) is 12.4. The van der Waals surface area contributed by atoms with Crippen molar-refractivity contribution >= 4 is 27.7 Å². The maximum atomic E-state index is 6.22. The van der Waals surface area contributed by atoms with Crippen molar-refractivity contribution in [2.24, 2.45) is 0 Å². The van der Waals surface area contributed by atoms with Crippen LogP contribution < -0.4 is 27.3 Å². The Kier molecular flexibility index (Phi) is 7.94. The third kappa shape index (κ3) is 6.46. The predicted octanol–water partition coefficient (Wildman–Crippen LogP) is 7.58. The molecule has 6 aromatic carbocycles. The second-order valence-electron chi connectivity index (χ2n) is 9.07. The number of hydrogen-bond acceptors (Lipinski definition) is 3. The summed E-state index contributed by atoms with van der Waals surface area (Å²) < 4.78 is 22.4. The van der Waals surface area contributed by atoms with Crippen molar-refractivity contribution in [1.29, 1.82) is 0 Å². The summed E-state index contributed by atoms with van der Waals surface area (Å²) in [6.45, 7) is 0. The molecule has 0 aromatic heterocycles. The number of ether oxygens (including phenoxy) is 3. The van der Waals surface area contributed by atoms with Crippen LogP contribution in [0.5, 0.6) is 34.5 Å². The molecular weight excluding hydrogens is 555 g/mol. The molecule has 0 aliphatic rings. The van der Waals surface area contributed by atoms with Crippen LogP contribution in [0.4, 0.5) is 0 Å². The molecule has 0 N–H and O–H groups in total. The second-order valence-corrected chi connectivity index (χ2v) is 13.7. The normalized spacial score (nSPS) is 10.7. The van der Waals surface area contributed by atoms with Crippen LogP contribution in [0.3, 0.4) is 0 Å². The molecule has 0 spiro atoms. The molecule has 4 heteroatoms. The van der Waals surface area contributed by atoms with Gasteiger partial charge in [-0.05, 0) is 0 Å². The molecule has 40 heavy (non-hydrogen) atoms. The molecule has 6 rings (SSSR count). The molecule has 0 amide bonds. The summed E-state index contributed by atoms with van der Waals surface area (Å²) in [5, 5.41) is 0. The zero-order valence-electron chi connectivity index (χ0n) is 21.8. The van der Waals surface area contributed by atoms with Gasteiger partial charge in [0, 0.05) is 0 Å². The Morgan fingerprint density at radius 1 is 0.275 bits per heavy atom. The summed E-state index contributed by atoms with van der Waals surface area (Å²) in [4.78, 5) is 0. The Bertz CT molecular complexity index is 1470. The van der Waals surface area contributed by atoms with E-state index >= 15 is 0 Å². The number of benzene rings is 6. The summed E-state index contributed by atoms with van der Waals surface area (Å²) in [5.41, 5.74) is 0. The number of para-hydroxylation sites is 3. The van der Waals surface area contributed by atoms with Gasteiger partial charge in [-0.25, -0.2) is 0 Å². The average Bonchev–Trinajstić information content (AvgIpc) is 3.00. The van der Waals surface area contributed by atoms with Gasteiger partial charge in [-0.15, -0.1) is 0 Å². The van der Waals surface area contributed by atoms with Crippen molar-refractivity contribution in [3.05, 3.63) is 164 Å². The van der Waals surface area contributed by atoms with Crippen LogP contribution in [0.2, 0.25) is 0 Å².